The van der Waals surface area contributed by atoms with Gasteiger partial charge in [0.15, 0.2) is 5.90 Å². The lowest BCUT2D eigenvalue weighted by Gasteiger charge is -2.18. The molecule has 1 aromatic rings. The molecule has 26 heavy (non-hydrogen) atoms. The van der Waals surface area contributed by atoms with E-state index in [1.807, 2.05) is 0 Å². The minimum atomic E-state index is -4.37. The molecule has 5 nitrogen and oxygen atoms in total. The number of aliphatic hydroxyl groups is 1. The quantitative estimate of drug-likeness (QED) is 0.300. The molecule has 2 N–H and O–H groups in total. The van der Waals surface area contributed by atoms with Gasteiger partial charge in [-0.2, -0.15) is 13.2 Å². The number of aliphatic imine (C=N–C) groups is 1. The zero-order chi connectivity index (χ0) is 19.7. The monoisotopic (exact) mass is 378 g/mol. The number of aliphatic hydroxyl groups excluding tert-OH is 1. The van der Waals surface area contributed by atoms with Gasteiger partial charge in [-0.3, -0.25) is 5.32 Å². The van der Waals surface area contributed by atoms with E-state index in [4.69, 9.17) is 9.47 Å². The van der Waals surface area contributed by atoms with Gasteiger partial charge < -0.3 is 14.6 Å². The third-order valence-electron chi connectivity index (χ3n) is 3.28. The van der Waals surface area contributed by atoms with Gasteiger partial charge in [0, 0.05) is 12.7 Å². The molecule has 0 radical (unpaired) electrons. The summed E-state index contributed by atoms with van der Waals surface area (Å²) >= 11 is 0. The number of alkyl halides is 3. The lowest BCUT2D eigenvalue weighted by molar-refractivity contribution is -0.125. The largest absolute Gasteiger partial charge is 0.443 e. The van der Waals surface area contributed by atoms with E-state index in [-0.39, 0.29) is 24.7 Å². The average molecular weight is 378 g/mol. The van der Waals surface area contributed by atoms with Crippen molar-refractivity contribution in [3.63, 3.8) is 0 Å². The molecule has 1 aromatic carbocycles. The van der Waals surface area contributed by atoms with Crippen LogP contribution in [0.15, 0.2) is 35.8 Å². The van der Waals surface area contributed by atoms with E-state index in [9.17, 15) is 22.7 Å². The zero-order valence-corrected chi connectivity index (χ0v) is 14.5. The van der Waals surface area contributed by atoms with Crippen LogP contribution in [0.2, 0.25) is 0 Å². The van der Waals surface area contributed by atoms with Crippen LogP contribution in [0.1, 0.15) is 18.9 Å². The molecule has 0 fully saturated rings. The molecule has 1 rings (SSSR count). The summed E-state index contributed by atoms with van der Waals surface area (Å²) in [5, 5.41) is 11.4. The Bertz CT molecular complexity index is 599. The number of rotatable bonds is 9. The van der Waals surface area contributed by atoms with Crippen molar-refractivity contribution in [1.82, 2.24) is 5.32 Å². The topological polar surface area (TPSA) is 63.1 Å². The Morgan fingerprint density at radius 3 is 2.42 bits per heavy atom. The molecule has 0 saturated carbocycles. The number of nitrogens with one attached hydrogen (secondary N) is 1. The third-order valence-corrected chi connectivity index (χ3v) is 3.28. The van der Waals surface area contributed by atoms with E-state index in [2.05, 4.69) is 16.9 Å². The fourth-order valence-corrected chi connectivity index (χ4v) is 1.90. The highest BCUT2D eigenvalue weighted by molar-refractivity contribution is 5.82. The van der Waals surface area contributed by atoms with Crippen molar-refractivity contribution in [1.29, 1.82) is 0 Å². The number of hydrogen-bond acceptors (Lipinski definition) is 5. The van der Waals surface area contributed by atoms with Crippen LogP contribution in [-0.4, -0.2) is 49.7 Å². The van der Waals surface area contributed by atoms with E-state index in [1.54, 1.807) is 0 Å². The van der Waals surface area contributed by atoms with Crippen molar-refractivity contribution < 1.29 is 32.1 Å². The van der Waals surface area contributed by atoms with Crippen LogP contribution >= 0.6 is 0 Å². The van der Waals surface area contributed by atoms with Crippen molar-refractivity contribution in [2.45, 2.75) is 31.8 Å². The summed E-state index contributed by atoms with van der Waals surface area (Å²) in [6.07, 6.45) is -5.90. The predicted octanol–water partition coefficient (Wildman–Crippen LogP) is 3.11. The van der Waals surface area contributed by atoms with E-state index in [1.165, 1.54) is 38.3 Å². The molecule has 2 atom stereocenters. The summed E-state index contributed by atoms with van der Waals surface area (Å²) in [7, 11) is 1.37. The molecule has 0 heterocycles. The molecule has 9 heteroatoms. The van der Waals surface area contributed by atoms with Gasteiger partial charge in [0.25, 0.3) is 0 Å². The number of hydrogen-bond donors (Lipinski definition) is 2. The van der Waals surface area contributed by atoms with Gasteiger partial charge in [-0.05, 0) is 31.2 Å². The Morgan fingerprint density at radius 1 is 1.31 bits per heavy atom. The molecule has 0 bridgehead atoms. The van der Waals surface area contributed by atoms with Crippen molar-refractivity contribution in [3.8, 4) is 0 Å². The summed E-state index contributed by atoms with van der Waals surface area (Å²) in [5.41, 5.74) is 0.480. The second-order valence-corrected chi connectivity index (χ2v) is 5.47. The van der Waals surface area contributed by atoms with Crippen LogP contribution < -0.4 is 5.32 Å². The Hall–Kier alpha value is -1.97. The molecule has 0 spiro atoms. The van der Waals surface area contributed by atoms with Crippen molar-refractivity contribution >= 4 is 11.7 Å². The van der Waals surface area contributed by atoms with E-state index in [0.717, 1.165) is 0 Å². The Kier molecular flexibility index (Phi) is 8.70. The van der Waals surface area contributed by atoms with Gasteiger partial charge in [0.1, 0.15) is 17.7 Å². The van der Waals surface area contributed by atoms with Crippen LogP contribution in [0.5, 0.6) is 0 Å². The van der Waals surface area contributed by atoms with Crippen LogP contribution in [0.4, 0.5) is 17.6 Å². The molecule has 0 aromatic heterocycles. The number of benzene rings is 1. The van der Waals surface area contributed by atoms with Crippen molar-refractivity contribution in [2.75, 3.05) is 20.3 Å². The summed E-state index contributed by atoms with van der Waals surface area (Å²) < 4.78 is 60.5. The molecule has 0 saturated heterocycles. The predicted molar refractivity (Wildman–Crippen MR) is 90.0 cm³/mol. The maximum Gasteiger partial charge on any atom is 0.401 e. The standard InChI is InChI=1S/C17H22F4N2O3/c1-11(13-4-6-14(18)7-5-13)26-16(8-15(9-24)25-3)23-12(2)22-10-17(19,20)21/h4-7,12,15,22,24H,1,8-10H2,2-3H3. The first kappa shape index (κ1) is 22.1. The summed E-state index contributed by atoms with van der Waals surface area (Å²) in [4.78, 5) is 4.06. The van der Waals surface area contributed by atoms with Gasteiger partial charge >= 0.3 is 6.18 Å². The number of ether oxygens (including phenoxy) is 2. The van der Waals surface area contributed by atoms with Crippen LogP contribution in [0.25, 0.3) is 5.76 Å². The van der Waals surface area contributed by atoms with Gasteiger partial charge in [0.2, 0.25) is 0 Å². The molecule has 146 valence electrons. The fourth-order valence-electron chi connectivity index (χ4n) is 1.90. The van der Waals surface area contributed by atoms with Crippen molar-refractivity contribution in [2.24, 2.45) is 4.99 Å². The number of methoxy groups -OCH3 is 1. The summed E-state index contributed by atoms with van der Waals surface area (Å²) in [6, 6.07) is 5.33. The van der Waals surface area contributed by atoms with E-state index >= 15 is 0 Å². The second kappa shape index (κ2) is 10.2. The van der Waals surface area contributed by atoms with Crippen LogP contribution in [-0.2, 0) is 9.47 Å². The second-order valence-electron chi connectivity index (χ2n) is 5.47. The first-order valence-corrected chi connectivity index (χ1v) is 7.77. The highest BCUT2D eigenvalue weighted by Gasteiger charge is 2.27. The van der Waals surface area contributed by atoms with Gasteiger partial charge in [-0.25, -0.2) is 9.38 Å². The molecule has 0 aliphatic rings. The first-order valence-electron chi connectivity index (χ1n) is 7.77. The maximum absolute atomic E-state index is 13.0. The Balaban J connectivity index is 2.87. The number of halogens is 4. The summed E-state index contributed by atoms with van der Waals surface area (Å²) in [6.45, 7) is 3.61. The highest BCUT2D eigenvalue weighted by Crippen LogP contribution is 2.17. The molecule has 0 aliphatic carbocycles. The van der Waals surface area contributed by atoms with Gasteiger partial charge in [-0.1, -0.05) is 6.58 Å². The van der Waals surface area contributed by atoms with E-state index < -0.39 is 30.8 Å². The normalized spacial score (nSPS) is 14.8. The lowest BCUT2D eigenvalue weighted by Crippen LogP contribution is -2.35. The van der Waals surface area contributed by atoms with Gasteiger partial charge in [0.05, 0.1) is 25.7 Å². The van der Waals surface area contributed by atoms with Crippen LogP contribution in [0.3, 0.4) is 0 Å². The Morgan fingerprint density at radius 2 is 1.92 bits per heavy atom. The maximum atomic E-state index is 13.0. The number of nitrogens with zero attached hydrogens (tertiary/aromatic N) is 1. The Labute approximate surface area is 149 Å². The van der Waals surface area contributed by atoms with Gasteiger partial charge in [-0.15, -0.1) is 0 Å². The summed E-state index contributed by atoms with van der Waals surface area (Å²) in [5.74, 6) is -0.262. The smallest absolute Gasteiger partial charge is 0.401 e. The van der Waals surface area contributed by atoms with Crippen LogP contribution in [0, 0.1) is 5.82 Å². The fraction of sp³-hybridized carbons (Fsp3) is 0.471. The molecular formula is C17H22F4N2O3. The molecule has 0 amide bonds. The molecular weight excluding hydrogens is 356 g/mol. The van der Waals surface area contributed by atoms with Crippen molar-refractivity contribution in [3.05, 3.63) is 42.2 Å². The minimum Gasteiger partial charge on any atom is -0.443 e. The zero-order valence-electron chi connectivity index (χ0n) is 14.5. The lowest BCUT2D eigenvalue weighted by atomic mass is 10.2. The third kappa shape index (κ3) is 8.41. The first-order chi connectivity index (χ1) is 12.1. The molecule has 2 unspecified atom stereocenters. The highest BCUT2D eigenvalue weighted by atomic mass is 19.4. The SMILES string of the molecule is C=C(OC(CC(CO)OC)=NC(C)NCC(F)(F)F)c1ccc(F)cc1. The average Bonchev–Trinajstić information content (AvgIpc) is 2.57. The minimum absolute atomic E-state index is 0.0191. The van der Waals surface area contributed by atoms with E-state index in [0.29, 0.717) is 5.56 Å². The molecule has 0 aliphatic heterocycles.